The van der Waals surface area contributed by atoms with E-state index in [1.54, 1.807) is 0 Å². The van der Waals surface area contributed by atoms with Crippen LogP contribution in [0.15, 0.2) is 36.7 Å². The Morgan fingerprint density at radius 2 is 2.00 bits per heavy atom. The van der Waals surface area contributed by atoms with Crippen molar-refractivity contribution in [2.24, 2.45) is 5.73 Å². The van der Waals surface area contributed by atoms with E-state index in [1.807, 2.05) is 35.9 Å². The summed E-state index contributed by atoms with van der Waals surface area (Å²) in [5.74, 6) is 0. The van der Waals surface area contributed by atoms with Gasteiger partial charge in [0, 0.05) is 28.2 Å². The van der Waals surface area contributed by atoms with Gasteiger partial charge in [0.25, 0.3) is 0 Å². The lowest BCUT2D eigenvalue weighted by Gasteiger charge is -2.08. The number of thiophene rings is 1. The minimum atomic E-state index is 0.104. The molecule has 84 valence electrons. The molecule has 2 heterocycles. The second kappa shape index (κ2) is 5.23. The molecule has 0 saturated heterocycles. The first kappa shape index (κ1) is 11.3. The normalized spacial score (nSPS) is 12.6. The van der Waals surface area contributed by atoms with Gasteiger partial charge in [-0.2, -0.15) is 0 Å². The molecule has 0 amide bonds. The fourth-order valence-corrected chi connectivity index (χ4v) is 2.61. The molecule has 1 unspecified atom stereocenters. The standard InChI is InChI=1S/C13H16N2S/c1-2-11-3-4-13(16-11)12(14)9-10-5-7-15-8-6-10/h3-8,12H,2,9,14H2,1H3. The van der Waals surface area contributed by atoms with Gasteiger partial charge in [0.15, 0.2) is 0 Å². The first-order chi connectivity index (χ1) is 7.79. The zero-order valence-corrected chi connectivity index (χ0v) is 10.2. The fraction of sp³-hybridized carbons (Fsp3) is 0.308. The van der Waals surface area contributed by atoms with Gasteiger partial charge in [0.05, 0.1) is 0 Å². The monoisotopic (exact) mass is 232 g/mol. The predicted octanol–water partition coefficient (Wildman–Crippen LogP) is 2.95. The highest BCUT2D eigenvalue weighted by atomic mass is 32.1. The van der Waals surface area contributed by atoms with Gasteiger partial charge in [-0.25, -0.2) is 0 Å². The first-order valence-electron chi connectivity index (χ1n) is 5.52. The van der Waals surface area contributed by atoms with E-state index in [1.165, 1.54) is 15.3 Å². The second-order valence-corrected chi connectivity index (χ2v) is 5.02. The van der Waals surface area contributed by atoms with Crippen LogP contribution in [0.4, 0.5) is 0 Å². The van der Waals surface area contributed by atoms with Crippen molar-refractivity contribution in [3.63, 3.8) is 0 Å². The number of aromatic nitrogens is 1. The van der Waals surface area contributed by atoms with Crippen LogP contribution in [0, 0.1) is 0 Å². The van der Waals surface area contributed by atoms with Crippen molar-refractivity contribution >= 4 is 11.3 Å². The number of aryl methyl sites for hydroxylation is 1. The highest BCUT2D eigenvalue weighted by molar-refractivity contribution is 7.12. The molecule has 0 aliphatic rings. The van der Waals surface area contributed by atoms with Gasteiger partial charge in [-0.3, -0.25) is 4.98 Å². The van der Waals surface area contributed by atoms with Crippen LogP contribution in [0.5, 0.6) is 0 Å². The molecular weight excluding hydrogens is 216 g/mol. The average Bonchev–Trinajstić information content (AvgIpc) is 2.79. The maximum absolute atomic E-state index is 6.19. The third-order valence-electron chi connectivity index (χ3n) is 2.60. The summed E-state index contributed by atoms with van der Waals surface area (Å²) in [5, 5.41) is 0. The average molecular weight is 232 g/mol. The minimum Gasteiger partial charge on any atom is -0.323 e. The van der Waals surface area contributed by atoms with Crippen molar-refractivity contribution in [2.75, 3.05) is 0 Å². The largest absolute Gasteiger partial charge is 0.323 e. The zero-order valence-electron chi connectivity index (χ0n) is 9.39. The van der Waals surface area contributed by atoms with E-state index < -0.39 is 0 Å². The second-order valence-electron chi connectivity index (χ2n) is 3.82. The molecule has 1 atom stereocenters. The number of hydrogen-bond acceptors (Lipinski definition) is 3. The van der Waals surface area contributed by atoms with Crippen LogP contribution in [0.3, 0.4) is 0 Å². The molecule has 2 nitrogen and oxygen atoms in total. The Balaban J connectivity index is 2.05. The number of nitrogens with zero attached hydrogens (tertiary/aromatic N) is 1. The summed E-state index contributed by atoms with van der Waals surface area (Å²) < 4.78 is 0. The maximum atomic E-state index is 6.19. The Kier molecular flexibility index (Phi) is 3.70. The van der Waals surface area contributed by atoms with Gasteiger partial charge in [-0.1, -0.05) is 6.92 Å². The summed E-state index contributed by atoms with van der Waals surface area (Å²) in [5.41, 5.74) is 7.43. The Morgan fingerprint density at radius 1 is 1.25 bits per heavy atom. The Morgan fingerprint density at radius 3 is 2.62 bits per heavy atom. The molecule has 2 N–H and O–H groups in total. The molecule has 0 aliphatic carbocycles. The van der Waals surface area contributed by atoms with Gasteiger partial charge < -0.3 is 5.73 Å². The Bertz CT molecular complexity index is 436. The van der Waals surface area contributed by atoms with E-state index >= 15 is 0 Å². The molecule has 0 fully saturated rings. The minimum absolute atomic E-state index is 0.104. The van der Waals surface area contributed by atoms with Crippen LogP contribution < -0.4 is 5.73 Å². The SMILES string of the molecule is CCc1ccc(C(N)Cc2ccncc2)s1. The highest BCUT2D eigenvalue weighted by Crippen LogP contribution is 2.24. The highest BCUT2D eigenvalue weighted by Gasteiger charge is 2.09. The predicted molar refractivity (Wildman–Crippen MR) is 68.6 cm³/mol. The number of pyridine rings is 1. The lowest BCUT2D eigenvalue weighted by Crippen LogP contribution is -2.11. The van der Waals surface area contributed by atoms with E-state index in [9.17, 15) is 0 Å². The van der Waals surface area contributed by atoms with Crippen LogP contribution in [-0.2, 0) is 12.8 Å². The van der Waals surface area contributed by atoms with Crippen molar-refractivity contribution in [2.45, 2.75) is 25.8 Å². The van der Waals surface area contributed by atoms with Crippen LogP contribution in [0.25, 0.3) is 0 Å². The number of hydrogen-bond donors (Lipinski definition) is 1. The summed E-state index contributed by atoms with van der Waals surface area (Å²) in [6.45, 7) is 2.17. The van der Waals surface area contributed by atoms with Gasteiger partial charge in [0.2, 0.25) is 0 Å². The summed E-state index contributed by atoms with van der Waals surface area (Å²) in [4.78, 5) is 6.68. The summed E-state index contributed by atoms with van der Waals surface area (Å²) in [6, 6.07) is 8.47. The van der Waals surface area contributed by atoms with E-state index in [4.69, 9.17) is 5.73 Å². The molecule has 0 radical (unpaired) electrons. The van der Waals surface area contributed by atoms with Gasteiger partial charge in [-0.05, 0) is 42.7 Å². The molecule has 2 aromatic heterocycles. The zero-order chi connectivity index (χ0) is 11.4. The van der Waals surface area contributed by atoms with Crippen molar-refractivity contribution in [1.29, 1.82) is 0 Å². The van der Waals surface area contributed by atoms with Gasteiger partial charge >= 0.3 is 0 Å². The smallest absolute Gasteiger partial charge is 0.0430 e. The lowest BCUT2D eigenvalue weighted by atomic mass is 10.1. The summed E-state index contributed by atoms with van der Waals surface area (Å²) >= 11 is 1.82. The molecular formula is C13H16N2S. The molecule has 0 spiro atoms. The van der Waals surface area contributed by atoms with Crippen molar-refractivity contribution in [3.8, 4) is 0 Å². The molecule has 0 bridgehead atoms. The third kappa shape index (κ3) is 2.68. The maximum Gasteiger partial charge on any atom is 0.0430 e. The Hall–Kier alpha value is -1.19. The van der Waals surface area contributed by atoms with Crippen molar-refractivity contribution in [3.05, 3.63) is 52.0 Å². The van der Waals surface area contributed by atoms with Gasteiger partial charge in [0.1, 0.15) is 0 Å². The van der Waals surface area contributed by atoms with Crippen molar-refractivity contribution in [1.82, 2.24) is 4.98 Å². The molecule has 3 heteroatoms. The molecule has 0 aliphatic heterocycles. The van der Waals surface area contributed by atoms with E-state index in [2.05, 4.69) is 24.0 Å². The van der Waals surface area contributed by atoms with Crippen LogP contribution in [0.2, 0.25) is 0 Å². The van der Waals surface area contributed by atoms with Crippen molar-refractivity contribution < 1.29 is 0 Å². The summed E-state index contributed by atoms with van der Waals surface area (Å²) in [7, 11) is 0. The number of nitrogens with two attached hydrogens (primary N) is 1. The topological polar surface area (TPSA) is 38.9 Å². The molecule has 0 aromatic carbocycles. The lowest BCUT2D eigenvalue weighted by molar-refractivity contribution is 0.735. The molecule has 2 aromatic rings. The van der Waals surface area contributed by atoms with E-state index in [0.29, 0.717) is 0 Å². The fourth-order valence-electron chi connectivity index (χ4n) is 1.66. The van der Waals surface area contributed by atoms with E-state index in [-0.39, 0.29) is 6.04 Å². The van der Waals surface area contributed by atoms with Crippen LogP contribution in [0.1, 0.15) is 28.3 Å². The quantitative estimate of drug-likeness (QED) is 0.880. The first-order valence-corrected chi connectivity index (χ1v) is 6.34. The molecule has 0 saturated carbocycles. The Labute approximate surface area is 100 Å². The molecule has 2 rings (SSSR count). The van der Waals surface area contributed by atoms with Crippen LogP contribution >= 0.6 is 11.3 Å². The van der Waals surface area contributed by atoms with E-state index in [0.717, 1.165) is 12.8 Å². The molecule has 16 heavy (non-hydrogen) atoms. The van der Waals surface area contributed by atoms with Gasteiger partial charge in [-0.15, -0.1) is 11.3 Å². The number of rotatable bonds is 4. The third-order valence-corrected chi connectivity index (χ3v) is 3.96. The van der Waals surface area contributed by atoms with Crippen LogP contribution in [-0.4, -0.2) is 4.98 Å². The summed E-state index contributed by atoms with van der Waals surface area (Å²) in [6.07, 6.45) is 5.60.